The molecule has 0 amide bonds. The Morgan fingerprint density at radius 1 is 1.38 bits per heavy atom. The fraction of sp³-hybridized carbons (Fsp3) is 0.111. The van der Waals surface area contributed by atoms with Gasteiger partial charge < -0.3 is 5.73 Å². The highest BCUT2D eigenvalue weighted by Gasteiger charge is 2.05. The van der Waals surface area contributed by atoms with Crippen LogP contribution in [0.4, 0.5) is 5.00 Å². The van der Waals surface area contributed by atoms with Crippen LogP contribution in [0.25, 0.3) is 10.1 Å². The molecular weight excluding hydrogens is 317 g/mol. The van der Waals surface area contributed by atoms with Crippen LogP contribution in [0.3, 0.4) is 0 Å². The molecule has 0 spiro atoms. The highest BCUT2D eigenvalue weighted by molar-refractivity contribution is 14.1. The smallest absolute Gasteiger partial charge is 0.0868 e. The fourth-order valence-corrected chi connectivity index (χ4v) is 3.23. The van der Waals surface area contributed by atoms with Gasteiger partial charge in [0, 0.05) is 14.2 Å². The van der Waals surface area contributed by atoms with Crippen molar-refractivity contribution in [2.45, 2.75) is 5.88 Å². The van der Waals surface area contributed by atoms with Gasteiger partial charge in [-0.3, -0.25) is 0 Å². The van der Waals surface area contributed by atoms with Crippen LogP contribution >= 0.6 is 45.5 Å². The number of rotatable bonds is 1. The van der Waals surface area contributed by atoms with E-state index in [1.165, 1.54) is 19.2 Å². The number of hydrogen-bond donors (Lipinski definition) is 1. The lowest BCUT2D eigenvalue weighted by Crippen LogP contribution is -1.79. The lowest BCUT2D eigenvalue weighted by molar-refractivity contribution is 1.45. The molecule has 1 nitrogen and oxygen atoms in total. The number of nitrogens with two attached hydrogens (primary N) is 1. The van der Waals surface area contributed by atoms with E-state index in [9.17, 15) is 0 Å². The average Bonchev–Trinajstić information content (AvgIpc) is 2.43. The Bertz CT molecular complexity index is 452. The molecule has 0 atom stereocenters. The summed E-state index contributed by atoms with van der Waals surface area (Å²) >= 11 is 9.74. The number of fused-ring (bicyclic) bond motifs is 1. The first-order valence-corrected chi connectivity index (χ1v) is 6.17. The zero-order valence-corrected chi connectivity index (χ0v) is 10.4. The van der Waals surface area contributed by atoms with Crippen molar-refractivity contribution in [3.05, 3.63) is 27.3 Å². The minimum atomic E-state index is 0.549. The second-order valence-corrected chi connectivity index (χ2v) is 5.36. The van der Waals surface area contributed by atoms with Gasteiger partial charge in [0.1, 0.15) is 0 Å². The normalized spacial score (nSPS) is 10.9. The molecule has 1 aromatic carbocycles. The molecule has 0 aliphatic carbocycles. The van der Waals surface area contributed by atoms with E-state index >= 15 is 0 Å². The van der Waals surface area contributed by atoms with E-state index in [2.05, 4.69) is 34.7 Å². The summed E-state index contributed by atoms with van der Waals surface area (Å²) in [5.74, 6) is 0.549. The van der Waals surface area contributed by atoms with Crippen molar-refractivity contribution in [3.63, 3.8) is 0 Å². The van der Waals surface area contributed by atoms with E-state index in [0.717, 1.165) is 5.00 Å². The van der Waals surface area contributed by atoms with Gasteiger partial charge in [0.2, 0.25) is 0 Å². The molecule has 1 aromatic heterocycles. The fourth-order valence-electron chi connectivity index (χ4n) is 1.30. The third-order valence-electron chi connectivity index (χ3n) is 1.82. The first-order valence-electron chi connectivity index (χ1n) is 3.74. The van der Waals surface area contributed by atoms with Crippen LogP contribution < -0.4 is 5.73 Å². The first-order chi connectivity index (χ1) is 6.20. The summed E-state index contributed by atoms with van der Waals surface area (Å²) in [7, 11) is 0. The zero-order chi connectivity index (χ0) is 9.42. The standard InChI is InChI=1S/C9H7ClINS/c10-4-6-2-7(11)1-5-3-8(12)13-9(5)6/h1-3H,4,12H2. The number of nitrogen functional groups attached to an aromatic ring is 1. The predicted octanol–water partition coefficient (Wildman–Crippen LogP) is 3.83. The largest absolute Gasteiger partial charge is 0.391 e. The van der Waals surface area contributed by atoms with E-state index in [1.54, 1.807) is 11.3 Å². The van der Waals surface area contributed by atoms with E-state index < -0.39 is 0 Å². The average molecular weight is 324 g/mol. The number of thiophene rings is 1. The summed E-state index contributed by atoms with van der Waals surface area (Å²) in [5, 5.41) is 2.05. The Labute approximate surface area is 99.0 Å². The SMILES string of the molecule is Nc1cc2cc(I)cc(CCl)c2s1. The number of halogens is 2. The monoisotopic (exact) mass is 323 g/mol. The van der Waals surface area contributed by atoms with Gasteiger partial charge in [-0.2, -0.15) is 0 Å². The molecule has 0 fully saturated rings. The van der Waals surface area contributed by atoms with Gasteiger partial charge in [0.15, 0.2) is 0 Å². The van der Waals surface area contributed by atoms with Gasteiger partial charge in [-0.05, 0) is 51.7 Å². The Balaban J connectivity index is 2.80. The highest BCUT2D eigenvalue weighted by Crippen LogP contribution is 2.32. The van der Waals surface area contributed by atoms with Crippen LogP contribution in [0.15, 0.2) is 18.2 Å². The molecule has 0 radical (unpaired) electrons. The lowest BCUT2D eigenvalue weighted by atomic mass is 10.2. The van der Waals surface area contributed by atoms with Crippen LogP contribution in [-0.2, 0) is 5.88 Å². The molecule has 2 rings (SSSR count). The van der Waals surface area contributed by atoms with Crippen molar-refractivity contribution in [3.8, 4) is 0 Å². The molecule has 2 aromatic rings. The molecule has 13 heavy (non-hydrogen) atoms. The third kappa shape index (κ3) is 1.78. The van der Waals surface area contributed by atoms with Crippen molar-refractivity contribution in [2.75, 3.05) is 5.73 Å². The van der Waals surface area contributed by atoms with Crippen LogP contribution in [0, 0.1) is 3.57 Å². The lowest BCUT2D eigenvalue weighted by Gasteiger charge is -1.98. The van der Waals surface area contributed by atoms with Crippen molar-refractivity contribution in [1.29, 1.82) is 0 Å². The van der Waals surface area contributed by atoms with E-state index in [0.29, 0.717) is 5.88 Å². The van der Waals surface area contributed by atoms with Crippen LogP contribution in [0.5, 0.6) is 0 Å². The second-order valence-electron chi connectivity index (χ2n) is 2.77. The Kier molecular flexibility index (Phi) is 2.67. The molecule has 0 saturated carbocycles. The minimum absolute atomic E-state index is 0.549. The van der Waals surface area contributed by atoms with E-state index in [-0.39, 0.29) is 0 Å². The maximum atomic E-state index is 5.85. The summed E-state index contributed by atoms with van der Waals surface area (Å²) < 4.78 is 2.42. The molecule has 0 unspecified atom stereocenters. The maximum absolute atomic E-state index is 5.85. The maximum Gasteiger partial charge on any atom is 0.0868 e. The van der Waals surface area contributed by atoms with Gasteiger partial charge in [-0.15, -0.1) is 22.9 Å². The summed E-state index contributed by atoms with van der Waals surface area (Å²) in [5.41, 5.74) is 6.91. The molecule has 0 aliphatic rings. The second kappa shape index (κ2) is 3.63. The highest BCUT2D eigenvalue weighted by atomic mass is 127. The van der Waals surface area contributed by atoms with Crippen LogP contribution in [0.1, 0.15) is 5.56 Å². The minimum Gasteiger partial charge on any atom is -0.391 e. The van der Waals surface area contributed by atoms with Crippen LogP contribution in [-0.4, -0.2) is 0 Å². The summed E-state index contributed by atoms with van der Waals surface area (Å²) in [6.45, 7) is 0. The van der Waals surface area contributed by atoms with Gasteiger partial charge in [-0.1, -0.05) is 0 Å². The zero-order valence-electron chi connectivity index (χ0n) is 6.68. The van der Waals surface area contributed by atoms with E-state index in [1.807, 2.05) is 6.07 Å². The molecule has 0 bridgehead atoms. The Hall–Kier alpha value is -0.000000000000000139. The molecule has 1 heterocycles. The quantitative estimate of drug-likeness (QED) is 0.626. The van der Waals surface area contributed by atoms with Crippen molar-refractivity contribution in [1.82, 2.24) is 0 Å². The molecular formula is C9H7ClINS. The number of benzene rings is 1. The number of hydrogen-bond acceptors (Lipinski definition) is 2. The summed E-state index contributed by atoms with van der Waals surface area (Å²) in [6, 6.07) is 6.23. The van der Waals surface area contributed by atoms with Crippen molar-refractivity contribution >= 4 is 60.6 Å². The number of alkyl halides is 1. The third-order valence-corrected chi connectivity index (χ3v) is 3.79. The Morgan fingerprint density at radius 2 is 2.15 bits per heavy atom. The summed E-state index contributed by atoms with van der Waals surface area (Å²) in [6.07, 6.45) is 0. The first kappa shape index (κ1) is 9.55. The molecule has 0 saturated heterocycles. The van der Waals surface area contributed by atoms with Gasteiger partial charge in [0.25, 0.3) is 0 Å². The molecule has 68 valence electrons. The molecule has 2 N–H and O–H groups in total. The predicted molar refractivity (Wildman–Crippen MR) is 68.5 cm³/mol. The molecule has 4 heteroatoms. The number of anilines is 1. The topological polar surface area (TPSA) is 26.0 Å². The van der Waals surface area contributed by atoms with Crippen molar-refractivity contribution < 1.29 is 0 Å². The van der Waals surface area contributed by atoms with Gasteiger partial charge >= 0.3 is 0 Å². The van der Waals surface area contributed by atoms with Gasteiger partial charge in [0.05, 0.1) is 5.00 Å². The van der Waals surface area contributed by atoms with Crippen LogP contribution in [0.2, 0.25) is 0 Å². The summed E-state index contributed by atoms with van der Waals surface area (Å²) in [4.78, 5) is 0. The Morgan fingerprint density at radius 3 is 2.85 bits per heavy atom. The van der Waals surface area contributed by atoms with Crippen molar-refractivity contribution in [2.24, 2.45) is 0 Å². The molecule has 0 aliphatic heterocycles. The van der Waals surface area contributed by atoms with Gasteiger partial charge in [-0.25, -0.2) is 0 Å². The van der Waals surface area contributed by atoms with E-state index in [4.69, 9.17) is 17.3 Å².